The summed E-state index contributed by atoms with van der Waals surface area (Å²) in [5.41, 5.74) is 1.97. The predicted octanol–water partition coefficient (Wildman–Crippen LogP) is 3.71. The van der Waals surface area contributed by atoms with E-state index >= 15 is 0 Å². The van der Waals surface area contributed by atoms with Crippen molar-refractivity contribution in [2.24, 2.45) is 0 Å². The number of anilines is 1. The van der Waals surface area contributed by atoms with Gasteiger partial charge in [-0.05, 0) is 25.0 Å². The Kier molecular flexibility index (Phi) is 4.68. The summed E-state index contributed by atoms with van der Waals surface area (Å²) in [6, 6.07) is 5.85. The molecular formula is C20H22ClN7. The molecule has 0 spiro atoms. The number of aromatic nitrogens is 5. The van der Waals surface area contributed by atoms with E-state index in [9.17, 15) is 5.26 Å². The molecule has 28 heavy (non-hydrogen) atoms. The SMILES string of the molecule is CC(C)(C)c1nc(N2CCC[C@@H]2C#N)c2ncn(Cc3ncccc3Cl)c2n1. The van der Waals surface area contributed by atoms with Crippen molar-refractivity contribution in [2.45, 2.75) is 51.6 Å². The van der Waals surface area contributed by atoms with E-state index in [1.165, 1.54) is 0 Å². The van der Waals surface area contributed by atoms with Crippen molar-refractivity contribution in [3.63, 3.8) is 0 Å². The minimum absolute atomic E-state index is 0.179. The van der Waals surface area contributed by atoms with Crippen LogP contribution >= 0.6 is 11.6 Å². The summed E-state index contributed by atoms with van der Waals surface area (Å²) in [5, 5.41) is 10.2. The van der Waals surface area contributed by atoms with Crippen LogP contribution in [0, 0.1) is 11.3 Å². The summed E-state index contributed by atoms with van der Waals surface area (Å²) in [6.45, 7) is 7.52. The molecule has 144 valence electrons. The summed E-state index contributed by atoms with van der Waals surface area (Å²) in [7, 11) is 0. The lowest BCUT2D eigenvalue weighted by Gasteiger charge is -2.24. The average Bonchev–Trinajstić information content (AvgIpc) is 3.29. The highest BCUT2D eigenvalue weighted by atomic mass is 35.5. The van der Waals surface area contributed by atoms with Crippen LogP contribution in [0.2, 0.25) is 5.02 Å². The van der Waals surface area contributed by atoms with E-state index in [0.717, 1.165) is 42.4 Å². The quantitative estimate of drug-likeness (QED) is 0.672. The number of fused-ring (bicyclic) bond motifs is 1. The number of imidazole rings is 1. The summed E-state index contributed by atoms with van der Waals surface area (Å²) in [5.74, 6) is 1.47. The third kappa shape index (κ3) is 3.29. The van der Waals surface area contributed by atoms with Crippen molar-refractivity contribution in [3.8, 4) is 6.07 Å². The Morgan fingerprint density at radius 2 is 2.11 bits per heavy atom. The van der Waals surface area contributed by atoms with E-state index in [-0.39, 0.29) is 11.5 Å². The van der Waals surface area contributed by atoms with E-state index in [1.54, 1.807) is 12.5 Å². The first-order valence-corrected chi connectivity index (χ1v) is 9.75. The standard InChI is InChI=1S/C20H22ClN7/c1-20(2,3)19-25-17-16(18(26-19)28-9-5-6-13(28)10-22)24-12-27(17)11-15-14(21)7-4-8-23-15/h4,7-8,12-13H,5-6,9,11H2,1-3H3/t13-/m1/s1. The van der Waals surface area contributed by atoms with Crippen LogP contribution in [-0.4, -0.2) is 37.1 Å². The van der Waals surface area contributed by atoms with Gasteiger partial charge in [-0.2, -0.15) is 5.26 Å². The first kappa shape index (κ1) is 18.6. The van der Waals surface area contributed by atoms with Gasteiger partial charge in [0.2, 0.25) is 0 Å². The van der Waals surface area contributed by atoms with Crippen LogP contribution in [0.4, 0.5) is 5.82 Å². The number of halogens is 1. The number of nitriles is 1. The highest BCUT2D eigenvalue weighted by Gasteiger charge is 2.30. The molecule has 1 aliphatic heterocycles. The minimum Gasteiger partial charge on any atom is -0.339 e. The molecule has 0 saturated carbocycles. The van der Waals surface area contributed by atoms with Gasteiger partial charge in [-0.3, -0.25) is 4.98 Å². The van der Waals surface area contributed by atoms with Gasteiger partial charge in [0.15, 0.2) is 17.0 Å². The monoisotopic (exact) mass is 395 g/mol. The Balaban J connectivity index is 1.87. The molecule has 1 aliphatic rings. The fraction of sp³-hybridized carbons (Fsp3) is 0.450. The molecule has 3 aromatic heterocycles. The van der Waals surface area contributed by atoms with E-state index in [0.29, 0.717) is 17.1 Å². The normalized spacial score (nSPS) is 17.2. The molecule has 4 rings (SSSR count). The van der Waals surface area contributed by atoms with Gasteiger partial charge in [0.1, 0.15) is 11.9 Å². The second-order valence-electron chi connectivity index (χ2n) is 8.08. The van der Waals surface area contributed by atoms with Crippen LogP contribution < -0.4 is 4.90 Å². The average molecular weight is 396 g/mol. The first-order chi connectivity index (χ1) is 13.4. The van der Waals surface area contributed by atoms with E-state index < -0.39 is 0 Å². The lowest BCUT2D eigenvalue weighted by Crippen LogP contribution is -2.30. The second kappa shape index (κ2) is 7.02. The van der Waals surface area contributed by atoms with Crippen molar-refractivity contribution < 1.29 is 0 Å². The number of pyridine rings is 1. The fourth-order valence-corrected chi connectivity index (χ4v) is 3.61. The molecule has 0 amide bonds. The summed E-state index contributed by atoms with van der Waals surface area (Å²) >= 11 is 6.30. The van der Waals surface area contributed by atoms with Crippen LogP contribution in [-0.2, 0) is 12.0 Å². The Labute approximate surface area is 169 Å². The van der Waals surface area contributed by atoms with E-state index in [4.69, 9.17) is 21.6 Å². The Morgan fingerprint density at radius 1 is 1.29 bits per heavy atom. The molecule has 0 bridgehead atoms. The van der Waals surface area contributed by atoms with Gasteiger partial charge in [0.05, 0.1) is 29.7 Å². The zero-order valence-electron chi connectivity index (χ0n) is 16.2. The summed E-state index contributed by atoms with van der Waals surface area (Å²) in [4.78, 5) is 20.7. The van der Waals surface area contributed by atoms with Crippen molar-refractivity contribution in [1.29, 1.82) is 5.26 Å². The highest BCUT2D eigenvalue weighted by Crippen LogP contribution is 2.32. The maximum absolute atomic E-state index is 9.55. The lowest BCUT2D eigenvalue weighted by atomic mass is 9.95. The van der Waals surface area contributed by atoms with Crippen LogP contribution in [0.1, 0.15) is 45.1 Å². The zero-order valence-corrected chi connectivity index (χ0v) is 17.0. The molecule has 1 atom stereocenters. The number of hydrogen-bond acceptors (Lipinski definition) is 6. The molecular weight excluding hydrogens is 374 g/mol. The van der Waals surface area contributed by atoms with Crippen LogP contribution in [0.5, 0.6) is 0 Å². The number of rotatable bonds is 3. The molecule has 0 N–H and O–H groups in total. The van der Waals surface area contributed by atoms with Gasteiger partial charge in [-0.1, -0.05) is 32.4 Å². The summed E-state index contributed by atoms with van der Waals surface area (Å²) < 4.78 is 1.95. The van der Waals surface area contributed by atoms with Crippen molar-refractivity contribution in [3.05, 3.63) is 41.2 Å². The minimum atomic E-state index is -0.234. The van der Waals surface area contributed by atoms with Crippen LogP contribution in [0.3, 0.4) is 0 Å². The molecule has 0 aromatic carbocycles. The largest absolute Gasteiger partial charge is 0.339 e. The topological polar surface area (TPSA) is 83.5 Å². The molecule has 0 unspecified atom stereocenters. The molecule has 0 radical (unpaired) electrons. The molecule has 1 fully saturated rings. The number of hydrogen-bond donors (Lipinski definition) is 0. The van der Waals surface area contributed by atoms with Gasteiger partial charge < -0.3 is 9.47 Å². The van der Waals surface area contributed by atoms with Crippen LogP contribution in [0.25, 0.3) is 11.2 Å². The molecule has 8 heteroatoms. The van der Waals surface area contributed by atoms with Crippen molar-refractivity contribution in [1.82, 2.24) is 24.5 Å². The van der Waals surface area contributed by atoms with Gasteiger partial charge in [-0.25, -0.2) is 15.0 Å². The Morgan fingerprint density at radius 3 is 2.82 bits per heavy atom. The Bertz CT molecular complexity index is 1060. The zero-order chi connectivity index (χ0) is 19.9. The maximum atomic E-state index is 9.55. The van der Waals surface area contributed by atoms with E-state index in [2.05, 4.69) is 41.7 Å². The Hall–Kier alpha value is -2.72. The molecule has 0 aliphatic carbocycles. The predicted molar refractivity (Wildman–Crippen MR) is 108 cm³/mol. The van der Waals surface area contributed by atoms with Gasteiger partial charge >= 0.3 is 0 Å². The summed E-state index contributed by atoms with van der Waals surface area (Å²) in [6.07, 6.45) is 5.29. The van der Waals surface area contributed by atoms with Gasteiger partial charge in [-0.15, -0.1) is 0 Å². The molecule has 4 heterocycles. The smallest absolute Gasteiger partial charge is 0.166 e. The molecule has 3 aromatic rings. The third-order valence-electron chi connectivity index (χ3n) is 4.94. The van der Waals surface area contributed by atoms with Crippen molar-refractivity contribution in [2.75, 3.05) is 11.4 Å². The number of nitrogens with zero attached hydrogens (tertiary/aromatic N) is 7. The van der Waals surface area contributed by atoms with Crippen molar-refractivity contribution >= 4 is 28.6 Å². The van der Waals surface area contributed by atoms with Gasteiger partial charge in [0, 0.05) is 18.2 Å². The fourth-order valence-electron chi connectivity index (χ4n) is 3.43. The highest BCUT2D eigenvalue weighted by molar-refractivity contribution is 6.31. The van der Waals surface area contributed by atoms with Gasteiger partial charge in [0.25, 0.3) is 0 Å². The van der Waals surface area contributed by atoms with E-state index in [1.807, 2.05) is 16.7 Å². The second-order valence-corrected chi connectivity index (χ2v) is 8.49. The van der Waals surface area contributed by atoms with Crippen LogP contribution in [0.15, 0.2) is 24.7 Å². The lowest BCUT2D eigenvalue weighted by molar-refractivity contribution is 0.545. The maximum Gasteiger partial charge on any atom is 0.166 e. The molecule has 1 saturated heterocycles. The first-order valence-electron chi connectivity index (χ1n) is 9.37. The molecule has 7 nitrogen and oxygen atoms in total. The third-order valence-corrected chi connectivity index (χ3v) is 5.29.